The summed E-state index contributed by atoms with van der Waals surface area (Å²) in [5, 5.41) is 9.59. The van der Waals surface area contributed by atoms with Crippen LogP contribution < -0.4 is 5.73 Å². The Morgan fingerprint density at radius 2 is 1.86 bits per heavy atom. The first-order valence-corrected chi connectivity index (χ1v) is 6.88. The topological polar surface area (TPSA) is 64.7 Å². The van der Waals surface area contributed by atoms with Crippen molar-refractivity contribution in [2.75, 3.05) is 12.3 Å². The maximum Gasteiger partial charge on any atom is 0.492 e. The lowest BCUT2D eigenvalue weighted by atomic mass is 9.77. The highest BCUT2D eigenvalue weighted by molar-refractivity contribution is 6.55. The van der Waals surface area contributed by atoms with Crippen LogP contribution in [0.15, 0.2) is 23.7 Å². The fourth-order valence-electron chi connectivity index (χ4n) is 2.05. The van der Waals surface area contributed by atoms with Crippen molar-refractivity contribution in [2.24, 2.45) is 0 Å². The van der Waals surface area contributed by atoms with Crippen LogP contribution in [-0.4, -0.2) is 30.0 Å². The second-order valence-corrected chi connectivity index (χ2v) is 6.24. The zero-order valence-electron chi connectivity index (χ0n) is 12.8. The minimum atomic E-state index is -0.678. The first-order valence-electron chi connectivity index (χ1n) is 6.88. The lowest BCUT2D eigenvalue weighted by molar-refractivity contribution is 0.00578. The third kappa shape index (κ3) is 3.12. The van der Waals surface area contributed by atoms with Gasteiger partial charge in [0, 0.05) is 5.69 Å². The molecule has 0 saturated carbocycles. The van der Waals surface area contributed by atoms with Crippen molar-refractivity contribution in [2.45, 2.75) is 38.9 Å². The highest BCUT2D eigenvalue weighted by atomic mass is 19.1. The van der Waals surface area contributed by atoms with Crippen LogP contribution in [-0.2, 0) is 9.31 Å². The maximum absolute atomic E-state index is 13.3. The number of hydrogen-bond acceptors (Lipinski definition) is 4. The summed E-state index contributed by atoms with van der Waals surface area (Å²) in [5.74, 6) is -0.387. The molecule has 1 aromatic carbocycles. The van der Waals surface area contributed by atoms with Gasteiger partial charge in [0.05, 0.1) is 17.8 Å². The van der Waals surface area contributed by atoms with Crippen LogP contribution in [0.4, 0.5) is 10.1 Å². The van der Waals surface area contributed by atoms with Crippen molar-refractivity contribution in [1.29, 1.82) is 0 Å². The number of aliphatic hydroxyl groups excluding tert-OH is 1. The lowest BCUT2D eigenvalue weighted by Gasteiger charge is -2.32. The Labute approximate surface area is 124 Å². The van der Waals surface area contributed by atoms with E-state index >= 15 is 0 Å². The van der Waals surface area contributed by atoms with E-state index in [1.165, 1.54) is 18.2 Å². The molecule has 0 unspecified atom stereocenters. The van der Waals surface area contributed by atoms with Crippen LogP contribution in [0.2, 0.25) is 0 Å². The van der Waals surface area contributed by atoms with Crippen molar-refractivity contribution >= 4 is 18.9 Å². The van der Waals surface area contributed by atoms with Crippen molar-refractivity contribution in [1.82, 2.24) is 0 Å². The second-order valence-electron chi connectivity index (χ2n) is 6.24. The Morgan fingerprint density at radius 3 is 2.38 bits per heavy atom. The third-order valence-corrected chi connectivity index (χ3v) is 4.13. The van der Waals surface area contributed by atoms with Gasteiger partial charge in [0.2, 0.25) is 0 Å². The SMILES string of the molecule is CC1(C)OB(C(=Cc2cc(F)ccc2N)CO)OC1(C)C. The quantitative estimate of drug-likeness (QED) is 0.663. The molecule has 0 spiro atoms. The van der Waals surface area contributed by atoms with Gasteiger partial charge in [0.1, 0.15) is 5.82 Å². The smallest absolute Gasteiger partial charge is 0.400 e. The first-order chi connectivity index (χ1) is 9.66. The van der Waals surface area contributed by atoms with Crippen LogP contribution in [0.25, 0.3) is 6.08 Å². The number of hydrogen-bond donors (Lipinski definition) is 2. The van der Waals surface area contributed by atoms with Gasteiger partial charge < -0.3 is 20.1 Å². The van der Waals surface area contributed by atoms with Gasteiger partial charge in [-0.2, -0.15) is 0 Å². The van der Waals surface area contributed by atoms with Gasteiger partial charge in [-0.3, -0.25) is 0 Å². The number of anilines is 1. The van der Waals surface area contributed by atoms with Gasteiger partial charge >= 0.3 is 7.12 Å². The standard InChI is InChI=1S/C15H21BFNO3/c1-14(2)15(3,4)21-16(20-14)11(9-19)7-10-8-12(17)5-6-13(10)18/h5-8,19H,9,18H2,1-4H3. The third-order valence-electron chi connectivity index (χ3n) is 4.13. The van der Waals surface area contributed by atoms with Crippen molar-refractivity contribution in [3.8, 4) is 0 Å². The van der Waals surface area contributed by atoms with Crippen LogP contribution >= 0.6 is 0 Å². The molecular weight excluding hydrogens is 272 g/mol. The molecule has 2 rings (SSSR count). The molecule has 114 valence electrons. The second kappa shape index (κ2) is 5.44. The van der Waals surface area contributed by atoms with Gasteiger partial charge in [-0.1, -0.05) is 6.08 Å². The van der Waals surface area contributed by atoms with Gasteiger partial charge in [0.15, 0.2) is 0 Å². The van der Waals surface area contributed by atoms with E-state index in [9.17, 15) is 9.50 Å². The Morgan fingerprint density at radius 1 is 1.29 bits per heavy atom. The van der Waals surface area contributed by atoms with E-state index in [1.54, 1.807) is 6.08 Å². The summed E-state index contributed by atoms with van der Waals surface area (Å²) in [4.78, 5) is 0. The first kappa shape index (κ1) is 16.0. The molecule has 1 saturated heterocycles. The Hall–Kier alpha value is -1.37. The Kier molecular flexibility index (Phi) is 4.15. The van der Waals surface area contributed by atoms with Crippen LogP contribution in [0.1, 0.15) is 33.3 Å². The van der Waals surface area contributed by atoms with Crippen LogP contribution in [0, 0.1) is 5.82 Å². The number of nitrogens with two attached hydrogens (primary N) is 1. The number of halogens is 1. The highest BCUT2D eigenvalue weighted by Crippen LogP contribution is 2.38. The van der Waals surface area contributed by atoms with E-state index in [-0.39, 0.29) is 12.4 Å². The molecule has 0 aromatic heterocycles. The van der Waals surface area contributed by atoms with E-state index in [4.69, 9.17) is 15.0 Å². The molecule has 1 heterocycles. The largest absolute Gasteiger partial charge is 0.492 e. The Bertz CT molecular complexity index is 556. The number of nitrogen functional groups attached to an aromatic ring is 1. The lowest BCUT2D eigenvalue weighted by Crippen LogP contribution is -2.41. The molecule has 4 nitrogen and oxygen atoms in total. The number of benzene rings is 1. The summed E-state index contributed by atoms with van der Waals surface area (Å²) in [6, 6.07) is 4.09. The average molecular weight is 293 g/mol. The van der Waals surface area contributed by atoms with E-state index in [0.29, 0.717) is 16.7 Å². The van der Waals surface area contributed by atoms with Crippen LogP contribution in [0.3, 0.4) is 0 Å². The zero-order valence-corrected chi connectivity index (χ0v) is 12.8. The summed E-state index contributed by atoms with van der Waals surface area (Å²) in [5.41, 5.74) is 6.25. The Balaban J connectivity index is 2.33. The van der Waals surface area contributed by atoms with E-state index in [1.807, 2.05) is 27.7 Å². The molecule has 3 N–H and O–H groups in total. The summed E-state index contributed by atoms with van der Waals surface area (Å²) in [6.45, 7) is 7.46. The fourth-order valence-corrected chi connectivity index (χ4v) is 2.05. The minimum Gasteiger partial charge on any atom is -0.400 e. The predicted molar refractivity (Wildman–Crippen MR) is 82.0 cm³/mol. The van der Waals surface area contributed by atoms with Gasteiger partial charge in [-0.25, -0.2) is 4.39 Å². The molecule has 0 aliphatic carbocycles. The molecule has 0 amide bonds. The molecule has 1 aromatic rings. The van der Waals surface area contributed by atoms with Crippen molar-refractivity contribution < 1.29 is 18.8 Å². The van der Waals surface area contributed by atoms with Crippen LogP contribution in [0.5, 0.6) is 0 Å². The molecule has 6 heteroatoms. The molecule has 1 fully saturated rings. The van der Waals surface area contributed by atoms with E-state index in [0.717, 1.165) is 0 Å². The number of aliphatic hydroxyl groups is 1. The number of rotatable bonds is 3. The molecular formula is C15H21BFNO3. The summed E-state index contributed by atoms with van der Waals surface area (Å²) >= 11 is 0. The highest BCUT2D eigenvalue weighted by Gasteiger charge is 2.52. The zero-order chi connectivity index (χ0) is 15.8. The molecule has 0 radical (unpaired) electrons. The molecule has 1 aliphatic heterocycles. The maximum atomic E-state index is 13.3. The molecule has 0 atom stereocenters. The minimum absolute atomic E-state index is 0.257. The normalized spacial score (nSPS) is 20.9. The predicted octanol–water partition coefficient (Wildman–Crippen LogP) is 2.42. The van der Waals surface area contributed by atoms with Gasteiger partial charge in [0.25, 0.3) is 0 Å². The summed E-state index contributed by atoms with van der Waals surface area (Å²) < 4.78 is 25.1. The van der Waals surface area contributed by atoms with Crippen molar-refractivity contribution in [3.05, 3.63) is 35.1 Å². The van der Waals surface area contributed by atoms with Gasteiger partial charge in [-0.05, 0) is 56.9 Å². The van der Waals surface area contributed by atoms with Crippen molar-refractivity contribution in [3.63, 3.8) is 0 Å². The molecule has 0 bridgehead atoms. The summed E-state index contributed by atoms with van der Waals surface area (Å²) in [6.07, 6.45) is 1.61. The monoisotopic (exact) mass is 293 g/mol. The molecule has 1 aliphatic rings. The van der Waals surface area contributed by atoms with E-state index < -0.39 is 18.3 Å². The fraction of sp³-hybridized carbons (Fsp3) is 0.467. The summed E-state index contributed by atoms with van der Waals surface area (Å²) in [7, 11) is -0.678. The van der Waals surface area contributed by atoms with Gasteiger partial charge in [-0.15, -0.1) is 0 Å². The average Bonchev–Trinajstić information content (AvgIpc) is 2.59. The van der Waals surface area contributed by atoms with E-state index in [2.05, 4.69) is 0 Å². The molecule has 21 heavy (non-hydrogen) atoms.